The third kappa shape index (κ3) is 3.83. The SMILES string of the molecule is CCC(C)n1ccc(CN2CCCC(C(C)NC)C2)n1. The van der Waals surface area contributed by atoms with Crippen LogP contribution in [0, 0.1) is 5.92 Å². The number of nitrogens with one attached hydrogen (secondary N) is 1. The maximum absolute atomic E-state index is 4.72. The third-order valence-electron chi connectivity index (χ3n) is 4.80. The number of likely N-dealkylation sites (tertiary alicyclic amines) is 1. The Morgan fingerprint density at radius 2 is 2.25 bits per heavy atom. The lowest BCUT2D eigenvalue weighted by atomic mass is 9.91. The van der Waals surface area contributed by atoms with Crippen LogP contribution in [0.3, 0.4) is 0 Å². The van der Waals surface area contributed by atoms with E-state index in [0.717, 1.165) is 18.9 Å². The van der Waals surface area contributed by atoms with E-state index in [1.165, 1.54) is 31.6 Å². The molecule has 0 saturated carbocycles. The van der Waals surface area contributed by atoms with Crippen LogP contribution in [-0.4, -0.2) is 40.9 Å². The van der Waals surface area contributed by atoms with E-state index in [1.807, 2.05) is 0 Å². The van der Waals surface area contributed by atoms with Crippen molar-refractivity contribution >= 4 is 0 Å². The highest BCUT2D eigenvalue weighted by Crippen LogP contribution is 2.21. The van der Waals surface area contributed by atoms with Crippen molar-refractivity contribution in [2.75, 3.05) is 20.1 Å². The molecule has 1 aromatic heterocycles. The van der Waals surface area contributed by atoms with Gasteiger partial charge in [0.25, 0.3) is 0 Å². The molecule has 114 valence electrons. The van der Waals surface area contributed by atoms with Crippen LogP contribution in [0.15, 0.2) is 12.3 Å². The Kier molecular flexibility index (Phi) is 5.61. The van der Waals surface area contributed by atoms with E-state index in [0.29, 0.717) is 12.1 Å². The number of hydrogen-bond acceptors (Lipinski definition) is 3. The molecule has 3 unspecified atom stereocenters. The molecule has 4 heteroatoms. The molecule has 1 fully saturated rings. The molecule has 0 bridgehead atoms. The molecular weight excluding hydrogens is 248 g/mol. The average Bonchev–Trinajstić information content (AvgIpc) is 2.94. The standard InChI is InChI=1S/C16H30N4/c1-5-13(2)20-10-8-16(18-20)12-19-9-6-7-15(11-19)14(3)17-4/h8,10,13-15,17H,5-7,9,11-12H2,1-4H3. The van der Waals surface area contributed by atoms with Crippen molar-refractivity contribution < 1.29 is 0 Å². The summed E-state index contributed by atoms with van der Waals surface area (Å²) in [6.07, 6.45) is 5.91. The van der Waals surface area contributed by atoms with Gasteiger partial charge in [-0.05, 0) is 58.7 Å². The summed E-state index contributed by atoms with van der Waals surface area (Å²) in [4.78, 5) is 2.56. The lowest BCUT2D eigenvalue weighted by Crippen LogP contribution is -2.43. The van der Waals surface area contributed by atoms with Crippen LogP contribution < -0.4 is 5.32 Å². The Hall–Kier alpha value is -0.870. The van der Waals surface area contributed by atoms with Gasteiger partial charge in [0.1, 0.15) is 0 Å². The largest absolute Gasteiger partial charge is 0.317 e. The van der Waals surface area contributed by atoms with Crippen LogP contribution in [-0.2, 0) is 6.54 Å². The first kappa shape index (κ1) is 15.5. The molecule has 1 aliphatic rings. The van der Waals surface area contributed by atoms with Gasteiger partial charge < -0.3 is 5.32 Å². The van der Waals surface area contributed by atoms with Gasteiger partial charge in [0.2, 0.25) is 0 Å². The Balaban J connectivity index is 1.91. The summed E-state index contributed by atoms with van der Waals surface area (Å²) in [5, 5.41) is 8.12. The third-order valence-corrected chi connectivity index (χ3v) is 4.80. The summed E-state index contributed by atoms with van der Waals surface area (Å²) in [5.74, 6) is 0.769. The van der Waals surface area contributed by atoms with Crippen molar-refractivity contribution in [3.8, 4) is 0 Å². The smallest absolute Gasteiger partial charge is 0.0764 e. The van der Waals surface area contributed by atoms with E-state index in [-0.39, 0.29) is 0 Å². The Morgan fingerprint density at radius 3 is 2.95 bits per heavy atom. The summed E-state index contributed by atoms with van der Waals surface area (Å²) in [6, 6.07) is 3.29. The molecule has 0 radical (unpaired) electrons. The normalized spacial score (nSPS) is 23.7. The van der Waals surface area contributed by atoms with E-state index in [1.54, 1.807) is 0 Å². The van der Waals surface area contributed by atoms with Gasteiger partial charge in [-0.1, -0.05) is 6.92 Å². The number of rotatable bonds is 6. The van der Waals surface area contributed by atoms with Gasteiger partial charge in [0.15, 0.2) is 0 Å². The fourth-order valence-electron chi connectivity index (χ4n) is 3.00. The molecule has 1 aromatic rings. The van der Waals surface area contributed by atoms with Gasteiger partial charge in [-0.3, -0.25) is 9.58 Å². The highest BCUT2D eigenvalue weighted by Gasteiger charge is 2.24. The van der Waals surface area contributed by atoms with Gasteiger partial charge in [-0.15, -0.1) is 0 Å². The lowest BCUT2D eigenvalue weighted by Gasteiger charge is -2.35. The highest BCUT2D eigenvalue weighted by atomic mass is 15.3. The predicted molar refractivity (Wildman–Crippen MR) is 83.8 cm³/mol. The second-order valence-electron chi connectivity index (χ2n) is 6.26. The Bertz CT molecular complexity index is 401. The fraction of sp³-hybridized carbons (Fsp3) is 0.812. The van der Waals surface area contributed by atoms with Crippen molar-refractivity contribution in [1.82, 2.24) is 20.0 Å². The van der Waals surface area contributed by atoms with E-state index in [9.17, 15) is 0 Å². The zero-order valence-corrected chi connectivity index (χ0v) is 13.5. The summed E-state index contributed by atoms with van der Waals surface area (Å²) in [6.45, 7) is 10.1. The second kappa shape index (κ2) is 7.23. The lowest BCUT2D eigenvalue weighted by molar-refractivity contribution is 0.145. The first-order valence-electron chi connectivity index (χ1n) is 8.07. The minimum Gasteiger partial charge on any atom is -0.317 e. The zero-order chi connectivity index (χ0) is 14.5. The van der Waals surface area contributed by atoms with Crippen LogP contribution in [0.4, 0.5) is 0 Å². The van der Waals surface area contributed by atoms with Crippen LogP contribution in [0.25, 0.3) is 0 Å². The molecule has 2 rings (SSSR count). The van der Waals surface area contributed by atoms with Crippen molar-refractivity contribution in [2.45, 2.75) is 58.7 Å². The molecule has 20 heavy (non-hydrogen) atoms. The minimum absolute atomic E-state index is 0.502. The second-order valence-corrected chi connectivity index (χ2v) is 6.26. The Morgan fingerprint density at radius 1 is 1.45 bits per heavy atom. The van der Waals surface area contributed by atoms with Crippen molar-refractivity contribution in [2.24, 2.45) is 5.92 Å². The molecule has 1 aliphatic heterocycles. The van der Waals surface area contributed by atoms with E-state index >= 15 is 0 Å². The average molecular weight is 278 g/mol. The summed E-state index contributed by atoms with van der Waals surface area (Å²) in [7, 11) is 2.07. The summed E-state index contributed by atoms with van der Waals surface area (Å²) < 4.78 is 2.10. The molecular formula is C16H30N4. The van der Waals surface area contributed by atoms with Gasteiger partial charge in [0, 0.05) is 31.4 Å². The molecule has 0 amide bonds. The first-order chi connectivity index (χ1) is 9.63. The summed E-state index contributed by atoms with van der Waals surface area (Å²) >= 11 is 0. The molecule has 2 heterocycles. The van der Waals surface area contributed by atoms with Crippen LogP contribution in [0.2, 0.25) is 0 Å². The minimum atomic E-state index is 0.502. The highest BCUT2D eigenvalue weighted by molar-refractivity contribution is 5.00. The topological polar surface area (TPSA) is 33.1 Å². The van der Waals surface area contributed by atoms with Crippen LogP contribution >= 0.6 is 0 Å². The Labute approximate surface area is 123 Å². The zero-order valence-electron chi connectivity index (χ0n) is 13.5. The molecule has 1 N–H and O–H groups in total. The maximum atomic E-state index is 4.72. The van der Waals surface area contributed by atoms with Gasteiger partial charge in [-0.2, -0.15) is 5.10 Å². The van der Waals surface area contributed by atoms with Crippen molar-refractivity contribution in [1.29, 1.82) is 0 Å². The number of aromatic nitrogens is 2. The van der Waals surface area contributed by atoms with Crippen LogP contribution in [0.5, 0.6) is 0 Å². The van der Waals surface area contributed by atoms with Crippen molar-refractivity contribution in [3.05, 3.63) is 18.0 Å². The van der Waals surface area contributed by atoms with Crippen molar-refractivity contribution in [3.63, 3.8) is 0 Å². The molecule has 1 saturated heterocycles. The van der Waals surface area contributed by atoms with Gasteiger partial charge >= 0.3 is 0 Å². The van der Waals surface area contributed by atoms with E-state index in [4.69, 9.17) is 5.10 Å². The number of hydrogen-bond donors (Lipinski definition) is 1. The number of nitrogens with zero attached hydrogens (tertiary/aromatic N) is 3. The quantitative estimate of drug-likeness (QED) is 0.868. The predicted octanol–water partition coefficient (Wildman–Crippen LogP) is 2.67. The fourth-order valence-corrected chi connectivity index (χ4v) is 3.00. The summed E-state index contributed by atoms with van der Waals surface area (Å²) in [5.41, 5.74) is 1.21. The molecule has 0 aromatic carbocycles. The first-order valence-corrected chi connectivity index (χ1v) is 8.07. The monoisotopic (exact) mass is 278 g/mol. The maximum Gasteiger partial charge on any atom is 0.0764 e. The molecule has 4 nitrogen and oxygen atoms in total. The molecule has 0 spiro atoms. The van der Waals surface area contributed by atoms with Gasteiger partial charge in [0.05, 0.1) is 5.69 Å². The molecule has 3 atom stereocenters. The molecule has 0 aliphatic carbocycles. The van der Waals surface area contributed by atoms with Crippen LogP contribution in [0.1, 0.15) is 51.8 Å². The van der Waals surface area contributed by atoms with Gasteiger partial charge in [-0.25, -0.2) is 0 Å². The number of piperidine rings is 1. The van der Waals surface area contributed by atoms with E-state index in [2.05, 4.69) is 55.0 Å². The van der Waals surface area contributed by atoms with E-state index < -0.39 is 0 Å².